The Balaban J connectivity index is 1.81. The highest BCUT2D eigenvalue weighted by Gasteiger charge is 2.14. The monoisotopic (exact) mass is 278 g/mol. The maximum atomic E-state index is 12.0. The number of anilines is 2. The van der Waals surface area contributed by atoms with Gasteiger partial charge in [0.15, 0.2) is 0 Å². The van der Waals surface area contributed by atoms with Gasteiger partial charge in [0, 0.05) is 19.2 Å². The van der Waals surface area contributed by atoms with E-state index < -0.39 is 0 Å². The van der Waals surface area contributed by atoms with Gasteiger partial charge in [-0.15, -0.1) is 10.2 Å². The van der Waals surface area contributed by atoms with Crippen LogP contribution in [0, 0.1) is 0 Å². The molecule has 8 heteroatoms. The predicted octanol–water partition coefficient (Wildman–Crippen LogP) is 0.325. The third-order valence-electron chi connectivity index (χ3n) is 3.09. The molecule has 0 radical (unpaired) electrons. The van der Waals surface area contributed by atoms with E-state index in [4.69, 9.17) is 5.73 Å². The minimum atomic E-state index is -0.127. The van der Waals surface area contributed by atoms with Gasteiger partial charge in [0.05, 0.1) is 18.4 Å². The van der Waals surface area contributed by atoms with Crippen LogP contribution >= 0.6 is 11.3 Å². The number of nitrogens with two attached hydrogens (primary N) is 1. The van der Waals surface area contributed by atoms with Crippen LogP contribution in [0.3, 0.4) is 0 Å². The van der Waals surface area contributed by atoms with Crippen LogP contribution in [0.5, 0.6) is 0 Å². The predicted molar refractivity (Wildman–Crippen MR) is 73.4 cm³/mol. The van der Waals surface area contributed by atoms with Crippen molar-refractivity contribution in [1.82, 2.24) is 20.0 Å². The number of nitrogens with zero attached hydrogens (tertiary/aromatic N) is 5. The largest absolute Gasteiger partial charge is 0.374 e. The topological polar surface area (TPSA) is 89.9 Å². The molecule has 7 nitrogen and oxygen atoms in total. The zero-order valence-corrected chi connectivity index (χ0v) is 11.1. The van der Waals surface area contributed by atoms with Crippen molar-refractivity contribution >= 4 is 22.2 Å². The van der Waals surface area contributed by atoms with E-state index in [9.17, 15) is 4.79 Å². The van der Waals surface area contributed by atoms with E-state index in [1.54, 1.807) is 12.3 Å². The molecule has 0 aliphatic carbocycles. The zero-order valence-electron chi connectivity index (χ0n) is 10.3. The molecule has 100 valence electrons. The Morgan fingerprint density at radius 1 is 1.32 bits per heavy atom. The highest BCUT2D eigenvalue weighted by molar-refractivity contribution is 7.15. The molecule has 1 aliphatic rings. The Hall–Kier alpha value is -1.96. The quantitative estimate of drug-likeness (QED) is 0.870. The van der Waals surface area contributed by atoms with Gasteiger partial charge in [-0.05, 0) is 12.8 Å². The van der Waals surface area contributed by atoms with Crippen LogP contribution in [0.1, 0.15) is 17.8 Å². The van der Waals surface area contributed by atoms with Crippen LogP contribution in [0.2, 0.25) is 0 Å². The first kappa shape index (κ1) is 12.1. The Labute approximate surface area is 113 Å². The SMILES string of the molecule is Nc1nnc(Cn2ncc(N3CCCC3)cc2=O)s1. The molecule has 0 unspecified atom stereocenters. The third kappa shape index (κ3) is 2.58. The Bertz CT molecular complexity index is 630. The Morgan fingerprint density at radius 2 is 2.11 bits per heavy atom. The van der Waals surface area contributed by atoms with Gasteiger partial charge >= 0.3 is 0 Å². The maximum absolute atomic E-state index is 12.0. The number of aromatic nitrogens is 4. The van der Waals surface area contributed by atoms with Gasteiger partial charge in [0.1, 0.15) is 5.01 Å². The molecule has 0 spiro atoms. The molecule has 0 saturated carbocycles. The maximum Gasteiger partial charge on any atom is 0.269 e. The standard InChI is InChI=1S/C11H14N6OS/c12-11-15-14-9(19-11)7-17-10(18)5-8(6-13-17)16-3-1-2-4-16/h5-6H,1-4,7H2,(H2,12,15). The van der Waals surface area contributed by atoms with Crippen molar-refractivity contribution in [3.63, 3.8) is 0 Å². The number of rotatable bonds is 3. The molecule has 2 aromatic rings. The van der Waals surface area contributed by atoms with Gasteiger partial charge < -0.3 is 10.6 Å². The molecule has 2 N–H and O–H groups in total. The number of nitrogen functional groups attached to an aromatic ring is 1. The van der Waals surface area contributed by atoms with Crippen molar-refractivity contribution in [3.8, 4) is 0 Å². The average molecular weight is 278 g/mol. The minimum absolute atomic E-state index is 0.127. The van der Waals surface area contributed by atoms with Crippen LogP contribution in [0.25, 0.3) is 0 Å². The summed E-state index contributed by atoms with van der Waals surface area (Å²) in [6.07, 6.45) is 4.08. The molecular weight excluding hydrogens is 264 g/mol. The molecule has 0 bridgehead atoms. The lowest BCUT2D eigenvalue weighted by Gasteiger charge is -2.16. The van der Waals surface area contributed by atoms with Gasteiger partial charge in [0.2, 0.25) is 5.13 Å². The van der Waals surface area contributed by atoms with E-state index in [0.717, 1.165) is 18.8 Å². The second-order valence-electron chi connectivity index (χ2n) is 4.44. The van der Waals surface area contributed by atoms with E-state index in [1.165, 1.54) is 28.9 Å². The summed E-state index contributed by atoms with van der Waals surface area (Å²) in [5, 5.41) is 12.9. The van der Waals surface area contributed by atoms with Crippen LogP contribution in [0.4, 0.5) is 10.8 Å². The Morgan fingerprint density at radius 3 is 2.74 bits per heavy atom. The van der Waals surface area contributed by atoms with Crippen molar-refractivity contribution in [1.29, 1.82) is 0 Å². The minimum Gasteiger partial charge on any atom is -0.374 e. The summed E-state index contributed by atoms with van der Waals surface area (Å²) < 4.78 is 1.37. The third-order valence-corrected chi connectivity index (χ3v) is 3.83. The molecular formula is C11H14N6OS. The fraction of sp³-hybridized carbons (Fsp3) is 0.455. The van der Waals surface area contributed by atoms with Crippen molar-refractivity contribution in [2.75, 3.05) is 23.7 Å². The second-order valence-corrected chi connectivity index (χ2v) is 5.53. The van der Waals surface area contributed by atoms with Crippen LogP contribution in [-0.2, 0) is 6.54 Å². The molecule has 0 aromatic carbocycles. The summed E-state index contributed by atoms with van der Waals surface area (Å²) >= 11 is 1.27. The summed E-state index contributed by atoms with van der Waals surface area (Å²) in [7, 11) is 0. The normalized spacial score (nSPS) is 15.1. The lowest BCUT2D eigenvalue weighted by atomic mass is 10.4. The van der Waals surface area contributed by atoms with E-state index in [0.29, 0.717) is 16.7 Å². The molecule has 19 heavy (non-hydrogen) atoms. The summed E-state index contributed by atoms with van der Waals surface area (Å²) in [6, 6.07) is 1.63. The highest BCUT2D eigenvalue weighted by Crippen LogP contribution is 2.17. The molecule has 0 atom stereocenters. The molecule has 1 aliphatic heterocycles. The van der Waals surface area contributed by atoms with E-state index >= 15 is 0 Å². The molecule has 2 aromatic heterocycles. The summed E-state index contributed by atoms with van der Waals surface area (Å²) in [5.74, 6) is 0. The van der Waals surface area contributed by atoms with Gasteiger partial charge in [-0.25, -0.2) is 4.68 Å². The van der Waals surface area contributed by atoms with Crippen molar-refractivity contribution in [2.45, 2.75) is 19.4 Å². The smallest absolute Gasteiger partial charge is 0.269 e. The molecule has 0 amide bonds. The van der Waals surface area contributed by atoms with Crippen molar-refractivity contribution in [3.05, 3.63) is 27.6 Å². The average Bonchev–Trinajstić information content (AvgIpc) is 3.03. The number of hydrogen-bond acceptors (Lipinski definition) is 7. The van der Waals surface area contributed by atoms with E-state index in [2.05, 4.69) is 20.2 Å². The van der Waals surface area contributed by atoms with Crippen LogP contribution < -0.4 is 16.2 Å². The highest BCUT2D eigenvalue weighted by atomic mass is 32.1. The first-order valence-corrected chi connectivity index (χ1v) is 6.94. The molecule has 1 saturated heterocycles. The van der Waals surface area contributed by atoms with Crippen molar-refractivity contribution in [2.24, 2.45) is 0 Å². The van der Waals surface area contributed by atoms with Gasteiger partial charge in [-0.1, -0.05) is 11.3 Å². The Kier molecular flexibility index (Phi) is 3.16. The van der Waals surface area contributed by atoms with Crippen LogP contribution in [-0.4, -0.2) is 33.1 Å². The van der Waals surface area contributed by atoms with Gasteiger partial charge in [0.25, 0.3) is 5.56 Å². The van der Waals surface area contributed by atoms with E-state index in [1.807, 2.05) is 0 Å². The molecule has 3 rings (SSSR count). The zero-order chi connectivity index (χ0) is 13.2. The summed E-state index contributed by atoms with van der Waals surface area (Å²) in [4.78, 5) is 14.2. The molecule has 3 heterocycles. The van der Waals surface area contributed by atoms with Gasteiger partial charge in [-0.3, -0.25) is 4.79 Å². The second kappa shape index (κ2) is 4.96. The first-order chi connectivity index (χ1) is 9.22. The van der Waals surface area contributed by atoms with Gasteiger partial charge in [-0.2, -0.15) is 5.10 Å². The summed E-state index contributed by atoms with van der Waals surface area (Å²) in [5.41, 5.74) is 6.28. The molecule has 1 fully saturated rings. The number of hydrogen-bond donors (Lipinski definition) is 1. The summed E-state index contributed by atoms with van der Waals surface area (Å²) in [6.45, 7) is 2.31. The van der Waals surface area contributed by atoms with Crippen molar-refractivity contribution < 1.29 is 0 Å². The lowest BCUT2D eigenvalue weighted by Crippen LogP contribution is -2.26. The fourth-order valence-corrected chi connectivity index (χ4v) is 2.74. The first-order valence-electron chi connectivity index (χ1n) is 6.12. The van der Waals surface area contributed by atoms with Crippen LogP contribution in [0.15, 0.2) is 17.1 Å². The van der Waals surface area contributed by atoms with E-state index in [-0.39, 0.29) is 5.56 Å². The lowest BCUT2D eigenvalue weighted by molar-refractivity contribution is 0.631. The fourth-order valence-electron chi connectivity index (χ4n) is 2.15.